The zero-order chi connectivity index (χ0) is 15.5. The van der Waals surface area contributed by atoms with E-state index in [1.807, 2.05) is 30.3 Å². The van der Waals surface area contributed by atoms with Gasteiger partial charge < -0.3 is 10.2 Å². The van der Waals surface area contributed by atoms with E-state index in [0.717, 1.165) is 18.4 Å². The Morgan fingerprint density at radius 3 is 2.43 bits per heavy atom. The Morgan fingerprint density at radius 2 is 1.81 bits per heavy atom. The van der Waals surface area contributed by atoms with Gasteiger partial charge in [0.05, 0.1) is 0 Å². The minimum atomic E-state index is -0.927. The standard InChI is InChI=1S/C17H27NO3/c1-2-3-4-5-9-12-16(19)18-15(17(20)21)13-14-10-7-6-8-11-14/h6-8,10-11,15-16,18-19H,2-5,9,12-13H2,1H3,(H,20,21)/t15-,16?/m0/s1. The van der Waals surface area contributed by atoms with E-state index in [4.69, 9.17) is 0 Å². The number of aliphatic carboxylic acids is 1. The van der Waals surface area contributed by atoms with Crippen molar-refractivity contribution in [2.24, 2.45) is 0 Å². The third-order valence-electron chi connectivity index (χ3n) is 3.56. The van der Waals surface area contributed by atoms with Gasteiger partial charge in [0, 0.05) is 0 Å². The van der Waals surface area contributed by atoms with Crippen LogP contribution in [0.4, 0.5) is 0 Å². The summed E-state index contributed by atoms with van der Waals surface area (Å²) in [5, 5.41) is 22.0. The second-order valence-corrected chi connectivity index (χ2v) is 5.47. The molecular weight excluding hydrogens is 266 g/mol. The number of aliphatic hydroxyl groups excluding tert-OH is 1. The molecule has 118 valence electrons. The van der Waals surface area contributed by atoms with Crippen LogP contribution >= 0.6 is 0 Å². The molecule has 0 bridgehead atoms. The average molecular weight is 293 g/mol. The van der Waals surface area contributed by atoms with E-state index >= 15 is 0 Å². The molecule has 3 N–H and O–H groups in total. The smallest absolute Gasteiger partial charge is 0.321 e. The van der Waals surface area contributed by atoms with Crippen molar-refractivity contribution in [3.8, 4) is 0 Å². The molecule has 0 aliphatic rings. The van der Waals surface area contributed by atoms with Gasteiger partial charge in [0.1, 0.15) is 12.3 Å². The molecule has 0 spiro atoms. The summed E-state index contributed by atoms with van der Waals surface area (Å²) in [6.07, 6.45) is 5.82. The van der Waals surface area contributed by atoms with E-state index in [9.17, 15) is 15.0 Å². The van der Waals surface area contributed by atoms with E-state index in [2.05, 4.69) is 12.2 Å². The first-order valence-electron chi connectivity index (χ1n) is 7.84. The Labute approximate surface area is 127 Å². The number of carbonyl (C=O) groups is 1. The Bertz CT molecular complexity index is 394. The number of nitrogens with one attached hydrogen (secondary N) is 1. The summed E-state index contributed by atoms with van der Waals surface area (Å²) in [6, 6.07) is 8.72. The molecule has 0 saturated heterocycles. The Kier molecular flexibility index (Phi) is 8.71. The van der Waals surface area contributed by atoms with Crippen LogP contribution in [0.5, 0.6) is 0 Å². The molecule has 2 atom stereocenters. The van der Waals surface area contributed by atoms with Gasteiger partial charge in [0.25, 0.3) is 0 Å². The zero-order valence-corrected chi connectivity index (χ0v) is 12.8. The second-order valence-electron chi connectivity index (χ2n) is 5.47. The van der Waals surface area contributed by atoms with Gasteiger partial charge in [-0.15, -0.1) is 0 Å². The SMILES string of the molecule is CCCCCCCC(O)N[C@@H](Cc1ccccc1)C(=O)O. The summed E-state index contributed by atoms with van der Waals surface area (Å²) in [6.45, 7) is 2.16. The molecule has 0 aromatic heterocycles. The van der Waals surface area contributed by atoms with Crippen molar-refractivity contribution < 1.29 is 15.0 Å². The summed E-state index contributed by atoms with van der Waals surface area (Å²) in [4.78, 5) is 11.3. The Hall–Kier alpha value is -1.39. The first-order chi connectivity index (χ1) is 10.1. The molecule has 21 heavy (non-hydrogen) atoms. The van der Waals surface area contributed by atoms with E-state index in [1.165, 1.54) is 19.3 Å². The number of aliphatic hydroxyl groups is 1. The first kappa shape index (κ1) is 17.7. The molecule has 0 fully saturated rings. The molecule has 1 aromatic carbocycles. The van der Waals surface area contributed by atoms with E-state index in [0.29, 0.717) is 12.8 Å². The van der Waals surface area contributed by atoms with E-state index in [1.54, 1.807) is 0 Å². The highest BCUT2D eigenvalue weighted by atomic mass is 16.4. The highest BCUT2D eigenvalue weighted by Crippen LogP contribution is 2.08. The Balaban J connectivity index is 2.34. The van der Waals surface area contributed by atoms with Crippen LogP contribution in [0.1, 0.15) is 51.0 Å². The van der Waals surface area contributed by atoms with Crippen molar-refractivity contribution >= 4 is 5.97 Å². The van der Waals surface area contributed by atoms with Crippen LogP contribution < -0.4 is 5.32 Å². The van der Waals surface area contributed by atoms with Crippen LogP contribution in [0.2, 0.25) is 0 Å². The van der Waals surface area contributed by atoms with Crippen molar-refractivity contribution in [1.29, 1.82) is 0 Å². The maximum Gasteiger partial charge on any atom is 0.321 e. The fourth-order valence-electron chi connectivity index (χ4n) is 2.32. The monoisotopic (exact) mass is 293 g/mol. The molecule has 0 radical (unpaired) electrons. The van der Waals surface area contributed by atoms with Gasteiger partial charge in [0.2, 0.25) is 0 Å². The predicted octanol–water partition coefficient (Wildman–Crippen LogP) is 2.95. The quantitative estimate of drug-likeness (QED) is 0.433. The maximum absolute atomic E-state index is 11.3. The minimum absolute atomic E-state index is 0.378. The number of carboxylic acids is 1. The fraction of sp³-hybridized carbons (Fsp3) is 0.588. The van der Waals surface area contributed by atoms with Gasteiger partial charge in [-0.3, -0.25) is 10.1 Å². The van der Waals surface area contributed by atoms with Crippen molar-refractivity contribution in [3.05, 3.63) is 35.9 Å². The molecule has 0 aliphatic heterocycles. The van der Waals surface area contributed by atoms with Gasteiger partial charge in [0.15, 0.2) is 0 Å². The number of hydrogen-bond donors (Lipinski definition) is 3. The summed E-state index contributed by atoms with van der Waals surface area (Å²) in [7, 11) is 0. The molecule has 1 aromatic rings. The lowest BCUT2D eigenvalue weighted by molar-refractivity contribution is -0.140. The lowest BCUT2D eigenvalue weighted by atomic mass is 10.1. The highest BCUT2D eigenvalue weighted by molar-refractivity contribution is 5.73. The van der Waals surface area contributed by atoms with Crippen LogP contribution in [-0.4, -0.2) is 28.5 Å². The largest absolute Gasteiger partial charge is 0.480 e. The third-order valence-corrected chi connectivity index (χ3v) is 3.56. The molecule has 1 unspecified atom stereocenters. The lowest BCUT2D eigenvalue weighted by Gasteiger charge is -2.19. The van der Waals surface area contributed by atoms with Crippen molar-refractivity contribution in [2.75, 3.05) is 0 Å². The summed E-state index contributed by atoms with van der Waals surface area (Å²) >= 11 is 0. The average Bonchev–Trinajstić information content (AvgIpc) is 2.47. The first-order valence-corrected chi connectivity index (χ1v) is 7.84. The molecule has 1 rings (SSSR count). The predicted molar refractivity (Wildman–Crippen MR) is 84.1 cm³/mol. The zero-order valence-electron chi connectivity index (χ0n) is 12.8. The lowest BCUT2D eigenvalue weighted by Crippen LogP contribution is -2.44. The third kappa shape index (κ3) is 7.83. The number of rotatable bonds is 11. The van der Waals surface area contributed by atoms with Gasteiger partial charge in [-0.25, -0.2) is 0 Å². The van der Waals surface area contributed by atoms with Crippen LogP contribution in [0.3, 0.4) is 0 Å². The highest BCUT2D eigenvalue weighted by Gasteiger charge is 2.20. The second kappa shape index (κ2) is 10.4. The molecular formula is C17H27NO3. The number of carboxylic acid groups (broad SMARTS) is 1. The molecule has 0 saturated carbocycles. The summed E-state index contributed by atoms with van der Waals surface area (Å²) in [5.41, 5.74) is 0.951. The molecule has 0 heterocycles. The minimum Gasteiger partial charge on any atom is -0.480 e. The van der Waals surface area contributed by atoms with Gasteiger partial charge in [-0.2, -0.15) is 0 Å². The normalized spacial score (nSPS) is 13.8. The van der Waals surface area contributed by atoms with Crippen LogP contribution in [-0.2, 0) is 11.2 Å². The summed E-state index contributed by atoms with van der Waals surface area (Å²) < 4.78 is 0. The van der Waals surface area contributed by atoms with Crippen LogP contribution in [0.25, 0.3) is 0 Å². The van der Waals surface area contributed by atoms with Gasteiger partial charge in [-0.05, 0) is 24.8 Å². The van der Waals surface area contributed by atoms with E-state index < -0.39 is 18.2 Å². The van der Waals surface area contributed by atoms with Gasteiger partial charge in [-0.1, -0.05) is 62.9 Å². The molecule has 4 heteroatoms. The topological polar surface area (TPSA) is 69.6 Å². The Morgan fingerprint density at radius 1 is 1.14 bits per heavy atom. The van der Waals surface area contributed by atoms with Crippen LogP contribution in [0, 0.1) is 0 Å². The number of unbranched alkanes of at least 4 members (excludes halogenated alkanes) is 4. The summed E-state index contributed by atoms with van der Waals surface area (Å²) in [5.74, 6) is -0.927. The van der Waals surface area contributed by atoms with Crippen molar-refractivity contribution in [2.45, 2.75) is 64.1 Å². The number of hydrogen-bond acceptors (Lipinski definition) is 3. The molecule has 0 aliphatic carbocycles. The fourth-order valence-corrected chi connectivity index (χ4v) is 2.32. The van der Waals surface area contributed by atoms with E-state index in [-0.39, 0.29) is 0 Å². The van der Waals surface area contributed by atoms with Crippen molar-refractivity contribution in [3.63, 3.8) is 0 Å². The maximum atomic E-state index is 11.3. The number of benzene rings is 1. The van der Waals surface area contributed by atoms with Gasteiger partial charge >= 0.3 is 5.97 Å². The van der Waals surface area contributed by atoms with Crippen LogP contribution in [0.15, 0.2) is 30.3 Å². The van der Waals surface area contributed by atoms with Crippen molar-refractivity contribution in [1.82, 2.24) is 5.32 Å². The molecule has 4 nitrogen and oxygen atoms in total. The molecule has 0 amide bonds.